The number of methoxy groups -OCH3 is 2. The highest BCUT2D eigenvalue weighted by Gasteiger charge is 2.37. The van der Waals surface area contributed by atoms with Crippen molar-refractivity contribution in [3.05, 3.63) is 23.3 Å². The summed E-state index contributed by atoms with van der Waals surface area (Å²) in [4.78, 5) is 11.7. The van der Waals surface area contributed by atoms with Crippen LogP contribution in [-0.4, -0.2) is 31.4 Å². The molecule has 0 spiro atoms. The molecule has 1 aromatic rings. The van der Waals surface area contributed by atoms with Gasteiger partial charge in [0.1, 0.15) is 17.1 Å². The van der Waals surface area contributed by atoms with Crippen LogP contribution in [0.3, 0.4) is 0 Å². The number of rotatable bonds is 3. The molecule has 0 saturated carbocycles. The number of benzene rings is 1. The van der Waals surface area contributed by atoms with Crippen LogP contribution in [0, 0.1) is 0 Å². The van der Waals surface area contributed by atoms with Crippen LogP contribution in [0.5, 0.6) is 11.5 Å². The number of carbonyl (C=O) groups is 1. The zero-order valence-corrected chi connectivity index (χ0v) is 9.89. The van der Waals surface area contributed by atoms with Crippen molar-refractivity contribution in [1.82, 2.24) is 0 Å². The third kappa shape index (κ3) is 1.82. The van der Waals surface area contributed by atoms with Gasteiger partial charge in [0.15, 0.2) is 6.10 Å². The molecule has 1 aliphatic heterocycles. The van der Waals surface area contributed by atoms with E-state index in [0.29, 0.717) is 22.6 Å². The van der Waals surface area contributed by atoms with Crippen molar-refractivity contribution >= 4 is 5.97 Å². The minimum Gasteiger partial charge on any atom is -0.497 e. The number of hydrogen-bond acceptors (Lipinski definition) is 5. The van der Waals surface area contributed by atoms with Gasteiger partial charge in [0.2, 0.25) is 0 Å². The number of fused-ring (bicyclic) bond motifs is 1. The minimum absolute atomic E-state index is 0.360. The molecule has 0 radical (unpaired) electrons. The molecule has 1 aliphatic rings. The van der Waals surface area contributed by atoms with Crippen molar-refractivity contribution in [2.75, 3.05) is 14.2 Å². The van der Waals surface area contributed by atoms with Gasteiger partial charge >= 0.3 is 5.97 Å². The number of carbonyl (C=O) groups excluding carboxylic acids is 1. The Morgan fingerprint density at radius 2 is 2.06 bits per heavy atom. The van der Waals surface area contributed by atoms with Crippen molar-refractivity contribution in [2.24, 2.45) is 0 Å². The first kappa shape index (κ1) is 11.7. The summed E-state index contributed by atoms with van der Waals surface area (Å²) < 4.78 is 15.4. The van der Waals surface area contributed by atoms with Crippen molar-refractivity contribution in [3.63, 3.8) is 0 Å². The lowest BCUT2D eigenvalue weighted by Crippen LogP contribution is -2.14. The maximum Gasteiger partial charge on any atom is 0.343 e. The van der Waals surface area contributed by atoms with Crippen LogP contribution in [0.2, 0.25) is 0 Å². The van der Waals surface area contributed by atoms with Crippen LogP contribution in [0.1, 0.15) is 28.9 Å². The number of esters is 1. The van der Waals surface area contributed by atoms with Crippen molar-refractivity contribution < 1.29 is 24.1 Å². The summed E-state index contributed by atoms with van der Waals surface area (Å²) >= 11 is 0. The Hall–Kier alpha value is -1.75. The first-order valence-corrected chi connectivity index (χ1v) is 5.23. The smallest absolute Gasteiger partial charge is 0.343 e. The standard InChI is InChI=1S/C12H14O5/c1-6(13)11-8-4-7(15-2)5-9(16-3)10(8)12(14)17-11/h4-6,11,13H,1-3H3. The van der Waals surface area contributed by atoms with Gasteiger partial charge in [-0.15, -0.1) is 0 Å². The molecule has 0 bridgehead atoms. The zero-order chi connectivity index (χ0) is 12.6. The van der Waals surface area contributed by atoms with E-state index in [0.717, 1.165) is 0 Å². The van der Waals surface area contributed by atoms with Crippen LogP contribution in [-0.2, 0) is 4.74 Å². The van der Waals surface area contributed by atoms with Crippen LogP contribution in [0.4, 0.5) is 0 Å². The average molecular weight is 238 g/mol. The summed E-state index contributed by atoms with van der Waals surface area (Å²) in [5.41, 5.74) is 0.959. The highest BCUT2D eigenvalue weighted by Crippen LogP contribution is 2.40. The SMILES string of the molecule is COc1cc(OC)c2c(c1)C(C(C)O)OC2=O. The predicted octanol–water partition coefficient (Wildman–Crippen LogP) is 1.30. The molecular weight excluding hydrogens is 224 g/mol. The predicted molar refractivity (Wildman–Crippen MR) is 59.4 cm³/mol. The molecule has 17 heavy (non-hydrogen) atoms. The fourth-order valence-electron chi connectivity index (χ4n) is 1.93. The zero-order valence-electron chi connectivity index (χ0n) is 9.89. The molecular formula is C12H14O5. The summed E-state index contributed by atoms with van der Waals surface area (Å²) in [7, 11) is 2.99. The summed E-state index contributed by atoms with van der Waals surface area (Å²) in [6, 6.07) is 3.30. The molecule has 0 saturated heterocycles. The second kappa shape index (κ2) is 4.25. The highest BCUT2D eigenvalue weighted by molar-refractivity contribution is 5.97. The average Bonchev–Trinajstić information content (AvgIpc) is 2.66. The van der Waals surface area contributed by atoms with Gasteiger partial charge in [-0.25, -0.2) is 4.79 Å². The number of aliphatic hydroxyl groups excluding tert-OH is 1. The Kier molecular flexibility index (Phi) is 2.93. The van der Waals surface area contributed by atoms with Crippen LogP contribution in [0.25, 0.3) is 0 Å². The Labute approximate surface area is 98.9 Å². The highest BCUT2D eigenvalue weighted by atomic mass is 16.6. The second-order valence-electron chi connectivity index (χ2n) is 3.86. The Morgan fingerprint density at radius 1 is 1.35 bits per heavy atom. The third-order valence-electron chi connectivity index (χ3n) is 2.74. The van der Waals surface area contributed by atoms with E-state index in [1.54, 1.807) is 19.1 Å². The molecule has 1 N–H and O–H groups in total. The summed E-state index contributed by atoms with van der Waals surface area (Å²) in [6.45, 7) is 1.57. The van der Waals surface area contributed by atoms with E-state index in [-0.39, 0.29) is 0 Å². The van der Waals surface area contributed by atoms with Gasteiger partial charge in [-0.1, -0.05) is 0 Å². The third-order valence-corrected chi connectivity index (χ3v) is 2.74. The molecule has 0 aliphatic carbocycles. The van der Waals surface area contributed by atoms with E-state index in [1.165, 1.54) is 14.2 Å². The fraction of sp³-hybridized carbons (Fsp3) is 0.417. The van der Waals surface area contributed by atoms with Crippen molar-refractivity contribution in [3.8, 4) is 11.5 Å². The normalized spacial score (nSPS) is 19.5. The van der Waals surface area contributed by atoms with Gasteiger partial charge in [0.05, 0.1) is 20.3 Å². The molecule has 0 amide bonds. The summed E-state index contributed by atoms with van der Waals surface area (Å²) in [5, 5.41) is 9.59. The molecule has 1 aromatic carbocycles. The van der Waals surface area contributed by atoms with Gasteiger partial charge in [0, 0.05) is 11.6 Å². The van der Waals surface area contributed by atoms with E-state index < -0.39 is 18.2 Å². The summed E-state index contributed by atoms with van der Waals surface area (Å²) in [6.07, 6.45) is -1.45. The van der Waals surface area contributed by atoms with Gasteiger partial charge in [-0.2, -0.15) is 0 Å². The van der Waals surface area contributed by atoms with Crippen LogP contribution >= 0.6 is 0 Å². The lowest BCUT2D eigenvalue weighted by molar-refractivity contribution is -0.00282. The Balaban J connectivity index is 2.59. The first-order valence-electron chi connectivity index (χ1n) is 5.23. The van der Waals surface area contributed by atoms with E-state index in [4.69, 9.17) is 14.2 Å². The van der Waals surface area contributed by atoms with E-state index >= 15 is 0 Å². The molecule has 2 atom stereocenters. The van der Waals surface area contributed by atoms with Gasteiger partial charge < -0.3 is 19.3 Å². The van der Waals surface area contributed by atoms with E-state index in [9.17, 15) is 9.90 Å². The van der Waals surface area contributed by atoms with Crippen LogP contribution in [0.15, 0.2) is 12.1 Å². The molecule has 0 aromatic heterocycles. The lowest BCUT2D eigenvalue weighted by Gasteiger charge is -2.14. The molecule has 1 heterocycles. The molecule has 0 fully saturated rings. The second-order valence-corrected chi connectivity index (χ2v) is 3.86. The Bertz CT molecular complexity index is 452. The fourth-order valence-corrected chi connectivity index (χ4v) is 1.93. The lowest BCUT2D eigenvalue weighted by atomic mass is 10.0. The van der Waals surface area contributed by atoms with Gasteiger partial charge in [-0.3, -0.25) is 0 Å². The molecule has 5 heteroatoms. The molecule has 2 rings (SSSR count). The topological polar surface area (TPSA) is 65.0 Å². The monoisotopic (exact) mass is 238 g/mol. The molecule has 5 nitrogen and oxygen atoms in total. The number of hydrogen-bond donors (Lipinski definition) is 1. The molecule has 2 unspecified atom stereocenters. The number of cyclic esters (lactones) is 1. The quantitative estimate of drug-likeness (QED) is 0.804. The minimum atomic E-state index is -0.781. The largest absolute Gasteiger partial charge is 0.497 e. The molecule has 92 valence electrons. The van der Waals surface area contributed by atoms with E-state index in [2.05, 4.69) is 0 Å². The van der Waals surface area contributed by atoms with Crippen molar-refractivity contribution in [2.45, 2.75) is 19.1 Å². The van der Waals surface area contributed by atoms with Crippen LogP contribution < -0.4 is 9.47 Å². The first-order chi connectivity index (χ1) is 8.08. The maximum atomic E-state index is 11.7. The van der Waals surface area contributed by atoms with Gasteiger partial charge in [0.25, 0.3) is 0 Å². The summed E-state index contributed by atoms with van der Waals surface area (Å²) in [5.74, 6) is 0.474. The Morgan fingerprint density at radius 3 is 2.59 bits per heavy atom. The van der Waals surface area contributed by atoms with Gasteiger partial charge in [-0.05, 0) is 13.0 Å². The maximum absolute atomic E-state index is 11.7. The van der Waals surface area contributed by atoms with Crippen molar-refractivity contribution in [1.29, 1.82) is 0 Å². The van der Waals surface area contributed by atoms with E-state index in [1.807, 2.05) is 0 Å². The number of aliphatic hydroxyl groups is 1. The number of ether oxygens (including phenoxy) is 3.